The van der Waals surface area contributed by atoms with Crippen molar-refractivity contribution in [2.45, 2.75) is 20.0 Å². The second-order valence-corrected chi connectivity index (χ2v) is 7.91. The van der Waals surface area contributed by atoms with E-state index in [1.807, 2.05) is 49.5 Å². The summed E-state index contributed by atoms with van der Waals surface area (Å²) in [5.41, 5.74) is 5.87. The second kappa shape index (κ2) is 7.81. The first-order chi connectivity index (χ1) is 15.1. The molecule has 0 amide bonds. The monoisotopic (exact) mass is 409 g/mol. The molecule has 0 aliphatic carbocycles. The van der Waals surface area contributed by atoms with Crippen LogP contribution in [0.5, 0.6) is 0 Å². The van der Waals surface area contributed by atoms with Gasteiger partial charge < -0.3 is 9.38 Å². The van der Waals surface area contributed by atoms with Crippen LogP contribution in [0.3, 0.4) is 0 Å². The Labute approximate surface area is 179 Å². The zero-order valence-corrected chi connectivity index (χ0v) is 17.5. The summed E-state index contributed by atoms with van der Waals surface area (Å²) in [6.07, 6.45) is 2.12. The zero-order valence-electron chi connectivity index (χ0n) is 17.5. The molecule has 0 unspecified atom stereocenters. The maximum atomic E-state index is 12.4. The van der Waals surface area contributed by atoms with E-state index >= 15 is 0 Å². The molecule has 5 rings (SSSR count). The summed E-state index contributed by atoms with van der Waals surface area (Å²) in [6.45, 7) is 3.26. The smallest absolute Gasteiger partial charge is 0.258 e. The molecule has 0 saturated carbocycles. The number of aromatic amines is 1. The average Bonchev–Trinajstić information content (AvgIpc) is 3.12. The van der Waals surface area contributed by atoms with Crippen molar-refractivity contribution in [3.8, 4) is 11.3 Å². The summed E-state index contributed by atoms with van der Waals surface area (Å²) in [6, 6.07) is 21.8. The molecule has 0 spiro atoms. The van der Waals surface area contributed by atoms with Crippen molar-refractivity contribution in [1.82, 2.24) is 24.3 Å². The molecule has 31 heavy (non-hydrogen) atoms. The number of hydrogen-bond acceptors (Lipinski definition) is 4. The van der Waals surface area contributed by atoms with E-state index in [-0.39, 0.29) is 5.56 Å². The number of rotatable bonds is 5. The number of aromatic nitrogens is 4. The number of benzene rings is 2. The van der Waals surface area contributed by atoms with E-state index in [4.69, 9.17) is 4.98 Å². The minimum atomic E-state index is -0.107. The van der Waals surface area contributed by atoms with Crippen molar-refractivity contribution in [3.63, 3.8) is 0 Å². The van der Waals surface area contributed by atoms with E-state index in [2.05, 4.69) is 50.6 Å². The Balaban J connectivity index is 1.51. The van der Waals surface area contributed by atoms with Crippen LogP contribution in [0.15, 0.2) is 77.7 Å². The molecular weight excluding hydrogens is 386 g/mol. The van der Waals surface area contributed by atoms with Gasteiger partial charge in [0.15, 0.2) is 0 Å². The lowest BCUT2D eigenvalue weighted by Gasteiger charge is -2.17. The van der Waals surface area contributed by atoms with Gasteiger partial charge in [0.1, 0.15) is 11.5 Å². The number of para-hydroxylation sites is 1. The summed E-state index contributed by atoms with van der Waals surface area (Å²) in [4.78, 5) is 27.0. The van der Waals surface area contributed by atoms with E-state index in [1.165, 1.54) is 5.56 Å². The molecule has 0 atom stereocenters. The fraction of sp³-hybridized carbons (Fsp3) is 0.160. The van der Waals surface area contributed by atoms with Gasteiger partial charge in [-0.15, -0.1) is 0 Å². The molecule has 0 fully saturated rings. The van der Waals surface area contributed by atoms with E-state index in [0.717, 1.165) is 22.6 Å². The minimum absolute atomic E-state index is 0.107. The second-order valence-electron chi connectivity index (χ2n) is 7.91. The fourth-order valence-electron chi connectivity index (χ4n) is 3.95. The molecule has 1 N–H and O–H groups in total. The van der Waals surface area contributed by atoms with Gasteiger partial charge >= 0.3 is 0 Å². The van der Waals surface area contributed by atoms with Crippen LogP contribution < -0.4 is 5.56 Å². The van der Waals surface area contributed by atoms with Crippen molar-refractivity contribution >= 4 is 16.6 Å². The number of aryl methyl sites for hydroxylation is 1. The molecular formula is C25H23N5O. The van der Waals surface area contributed by atoms with Crippen LogP contribution in [-0.2, 0) is 13.1 Å². The van der Waals surface area contributed by atoms with Crippen LogP contribution in [-0.4, -0.2) is 31.3 Å². The predicted octanol–water partition coefficient (Wildman–Crippen LogP) is 4.18. The molecule has 0 aliphatic heterocycles. The van der Waals surface area contributed by atoms with Crippen LogP contribution in [0.1, 0.15) is 17.1 Å². The van der Waals surface area contributed by atoms with E-state index in [1.54, 1.807) is 6.07 Å². The highest BCUT2D eigenvalue weighted by molar-refractivity contribution is 5.77. The zero-order chi connectivity index (χ0) is 21.4. The lowest BCUT2D eigenvalue weighted by molar-refractivity contribution is 0.306. The first kappa shape index (κ1) is 19.2. The molecule has 0 aliphatic rings. The summed E-state index contributed by atoms with van der Waals surface area (Å²) in [5.74, 6) is 0.650. The molecule has 3 aromatic heterocycles. The lowest BCUT2D eigenvalue weighted by atomic mass is 10.1. The molecule has 2 aromatic carbocycles. The number of nitrogens with one attached hydrogen (secondary N) is 1. The van der Waals surface area contributed by atoms with Crippen molar-refractivity contribution in [2.24, 2.45) is 0 Å². The number of hydrogen-bond donors (Lipinski definition) is 1. The Morgan fingerprint density at radius 3 is 2.55 bits per heavy atom. The number of H-pyrrole nitrogens is 1. The third-order valence-electron chi connectivity index (χ3n) is 5.41. The summed E-state index contributed by atoms with van der Waals surface area (Å²) < 4.78 is 2.16. The van der Waals surface area contributed by atoms with Crippen LogP contribution >= 0.6 is 0 Å². The molecule has 5 aromatic rings. The SMILES string of the molecule is Cc1ccc2nc(-c3ccccc3)c(CN(C)Cc3nc4ccccc4c(=O)[nH]3)n2c1. The Kier molecular flexibility index (Phi) is 4.84. The first-order valence-electron chi connectivity index (χ1n) is 10.3. The van der Waals surface area contributed by atoms with Gasteiger partial charge in [-0.3, -0.25) is 9.69 Å². The summed E-state index contributed by atoms with van der Waals surface area (Å²) in [5, 5.41) is 0.609. The average molecular weight is 409 g/mol. The molecule has 6 nitrogen and oxygen atoms in total. The van der Waals surface area contributed by atoms with Crippen LogP contribution in [0, 0.1) is 6.92 Å². The molecule has 0 radical (unpaired) electrons. The third-order valence-corrected chi connectivity index (χ3v) is 5.41. The molecule has 6 heteroatoms. The van der Waals surface area contributed by atoms with Crippen LogP contribution in [0.2, 0.25) is 0 Å². The first-order valence-corrected chi connectivity index (χ1v) is 10.3. The standard InChI is InChI=1S/C25H23N5O/c1-17-12-13-23-28-24(18-8-4-3-5-9-18)21(30(23)14-17)15-29(2)16-22-26-20-11-7-6-10-19(20)25(31)27-22/h3-14H,15-16H2,1-2H3,(H,26,27,31). The van der Waals surface area contributed by atoms with Gasteiger partial charge in [0, 0.05) is 18.3 Å². The summed E-state index contributed by atoms with van der Waals surface area (Å²) >= 11 is 0. The van der Waals surface area contributed by atoms with Gasteiger partial charge in [-0.1, -0.05) is 48.5 Å². The largest absolute Gasteiger partial charge is 0.309 e. The van der Waals surface area contributed by atoms with Crippen molar-refractivity contribution in [1.29, 1.82) is 0 Å². The Bertz CT molecular complexity index is 1440. The number of fused-ring (bicyclic) bond motifs is 2. The quantitative estimate of drug-likeness (QED) is 0.473. The highest BCUT2D eigenvalue weighted by atomic mass is 16.1. The number of pyridine rings is 1. The van der Waals surface area contributed by atoms with Gasteiger partial charge in [0.2, 0.25) is 0 Å². The Morgan fingerprint density at radius 2 is 1.71 bits per heavy atom. The Hall–Kier alpha value is -3.77. The highest BCUT2D eigenvalue weighted by Crippen LogP contribution is 2.26. The molecule has 3 heterocycles. The van der Waals surface area contributed by atoms with Gasteiger partial charge in [-0.05, 0) is 37.7 Å². The normalized spacial score (nSPS) is 11.6. The van der Waals surface area contributed by atoms with Gasteiger partial charge in [0.25, 0.3) is 5.56 Å². The molecule has 154 valence electrons. The highest BCUT2D eigenvalue weighted by Gasteiger charge is 2.16. The molecule has 0 bridgehead atoms. The number of nitrogens with zero attached hydrogens (tertiary/aromatic N) is 4. The van der Waals surface area contributed by atoms with Gasteiger partial charge in [-0.2, -0.15) is 0 Å². The topological polar surface area (TPSA) is 66.3 Å². The van der Waals surface area contributed by atoms with Crippen LogP contribution in [0.4, 0.5) is 0 Å². The minimum Gasteiger partial charge on any atom is -0.309 e. The van der Waals surface area contributed by atoms with E-state index in [9.17, 15) is 4.79 Å². The van der Waals surface area contributed by atoms with Crippen LogP contribution in [0.25, 0.3) is 27.8 Å². The number of imidazole rings is 1. The van der Waals surface area contributed by atoms with Gasteiger partial charge in [0.05, 0.1) is 28.8 Å². The maximum absolute atomic E-state index is 12.4. The van der Waals surface area contributed by atoms with Gasteiger partial charge in [-0.25, -0.2) is 9.97 Å². The lowest BCUT2D eigenvalue weighted by Crippen LogP contribution is -2.22. The third kappa shape index (κ3) is 3.73. The van der Waals surface area contributed by atoms with Crippen molar-refractivity contribution in [3.05, 3.63) is 100 Å². The van der Waals surface area contributed by atoms with E-state index in [0.29, 0.717) is 29.8 Å². The molecule has 0 saturated heterocycles. The maximum Gasteiger partial charge on any atom is 0.258 e. The Morgan fingerprint density at radius 1 is 0.935 bits per heavy atom. The fourth-order valence-corrected chi connectivity index (χ4v) is 3.95. The summed E-state index contributed by atoms with van der Waals surface area (Å²) in [7, 11) is 2.03. The van der Waals surface area contributed by atoms with Crippen molar-refractivity contribution in [2.75, 3.05) is 7.05 Å². The van der Waals surface area contributed by atoms with Crippen molar-refractivity contribution < 1.29 is 0 Å². The van der Waals surface area contributed by atoms with E-state index < -0.39 is 0 Å². The predicted molar refractivity (Wildman–Crippen MR) is 123 cm³/mol.